The fourth-order valence-corrected chi connectivity index (χ4v) is 1.92. The van der Waals surface area contributed by atoms with E-state index in [1.807, 2.05) is 6.07 Å². The molecule has 1 fully saturated rings. The number of rotatable bonds is 4. The zero-order valence-electron chi connectivity index (χ0n) is 9.11. The lowest BCUT2D eigenvalue weighted by molar-refractivity contribution is 0.574. The normalized spacial score (nSPS) is 19.3. The molecule has 1 aromatic heterocycles. The van der Waals surface area contributed by atoms with Gasteiger partial charge < -0.3 is 10.6 Å². The van der Waals surface area contributed by atoms with Crippen LogP contribution in [-0.4, -0.2) is 29.1 Å². The number of nitrogens with one attached hydrogen (secondary N) is 2. The van der Waals surface area contributed by atoms with E-state index in [0.717, 1.165) is 19.5 Å². The van der Waals surface area contributed by atoms with Crippen LogP contribution in [0.15, 0.2) is 12.4 Å². The van der Waals surface area contributed by atoms with E-state index in [4.69, 9.17) is 5.26 Å². The van der Waals surface area contributed by atoms with E-state index >= 15 is 0 Å². The maximum Gasteiger partial charge on any atom is 0.182 e. The number of hydrogen-bond acceptors (Lipinski definition) is 5. The molecule has 2 N–H and O–H groups in total. The first-order valence-corrected chi connectivity index (χ1v) is 5.58. The average Bonchev–Trinajstić information content (AvgIpc) is 2.83. The number of hydrogen-bond donors (Lipinski definition) is 2. The Morgan fingerprint density at radius 1 is 1.50 bits per heavy atom. The van der Waals surface area contributed by atoms with Crippen LogP contribution in [0.25, 0.3) is 0 Å². The molecule has 1 aromatic rings. The van der Waals surface area contributed by atoms with Gasteiger partial charge in [0.25, 0.3) is 0 Å². The van der Waals surface area contributed by atoms with E-state index in [2.05, 4.69) is 20.6 Å². The average molecular weight is 217 g/mol. The van der Waals surface area contributed by atoms with Crippen molar-refractivity contribution in [3.05, 3.63) is 18.1 Å². The van der Waals surface area contributed by atoms with E-state index in [9.17, 15) is 0 Å². The van der Waals surface area contributed by atoms with Crippen molar-refractivity contribution in [1.82, 2.24) is 15.3 Å². The molecular weight excluding hydrogens is 202 g/mol. The van der Waals surface area contributed by atoms with Gasteiger partial charge in [-0.25, -0.2) is 9.97 Å². The number of anilines is 1. The van der Waals surface area contributed by atoms with Gasteiger partial charge in [-0.2, -0.15) is 5.26 Å². The summed E-state index contributed by atoms with van der Waals surface area (Å²) in [6.45, 7) is 1.95. The molecule has 0 aliphatic carbocycles. The lowest BCUT2D eigenvalue weighted by Gasteiger charge is -2.11. The summed E-state index contributed by atoms with van der Waals surface area (Å²) >= 11 is 0. The fraction of sp³-hybridized carbons (Fsp3) is 0.545. The maximum absolute atomic E-state index is 8.82. The smallest absolute Gasteiger partial charge is 0.182 e. The van der Waals surface area contributed by atoms with E-state index in [1.54, 1.807) is 6.20 Å². The molecule has 0 spiro atoms. The topological polar surface area (TPSA) is 73.6 Å². The number of aromatic nitrogens is 2. The van der Waals surface area contributed by atoms with Crippen LogP contribution in [0.4, 0.5) is 5.82 Å². The Balaban J connectivity index is 1.82. The highest BCUT2D eigenvalue weighted by Crippen LogP contribution is 2.10. The van der Waals surface area contributed by atoms with Crippen molar-refractivity contribution in [2.24, 2.45) is 0 Å². The standard InChI is InChI=1S/C11H15N5/c12-8-10-11(16-7-6-14-10)15-5-3-9-2-1-4-13-9/h6-7,9,13H,1-5H2,(H,15,16). The van der Waals surface area contributed by atoms with Crippen LogP contribution >= 0.6 is 0 Å². The van der Waals surface area contributed by atoms with Crippen molar-refractivity contribution in [1.29, 1.82) is 5.26 Å². The van der Waals surface area contributed by atoms with Crippen LogP contribution in [0.3, 0.4) is 0 Å². The van der Waals surface area contributed by atoms with E-state index in [-0.39, 0.29) is 0 Å². The van der Waals surface area contributed by atoms with Gasteiger partial charge in [0.15, 0.2) is 11.5 Å². The Bertz CT molecular complexity index is 378. The molecule has 2 heterocycles. The van der Waals surface area contributed by atoms with Crippen LogP contribution in [0.2, 0.25) is 0 Å². The molecule has 1 saturated heterocycles. The third-order valence-corrected chi connectivity index (χ3v) is 2.75. The van der Waals surface area contributed by atoms with Gasteiger partial charge in [0.2, 0.25) is 0 Å². The second-order valence-electron chi connectivity index (χ2n) is 3.87. The highest BCUT2D eigenvalue weighted by Gasteiger charge is 2.13. The third-order valence-electron chi connectivity index (χ3n) is 2.75. The van der Waals surface area contributed by atoms with Crippen LogP contribution < -0.4 is 10.6 Å². The van der Waals surface area contributed by atoms with Crippen LogP contribution in [0.5, 0.6) is 0 Å². The van der Waals surface area contributed by atoms with Crippen LogP contribution in [0.1, 0.15) is 25.0 Å². The monoisotopic (exact) mass is 217 g/mol. The predicted octanol–water partition coefficient (Wildman–Crippen LogP) is 0.902. The molecule has 1 aliphatic heterocycles. The Morgan fingerprint density at radius 2 is 2.38 bits per heavy atom. The molecule has 0 aromatic carbocycles. The highest BCUT2D eigenvalue weighted by molar-refractivity contribution is 5.46. The predicted molar refractivity (Wildman–Crippen MR) is 60.9 cm³/mol. The summed E-state index contributed by atoms with van der Waals surface area (Å²) in [5, 5.41) is 15.4. The molecule has 0 bridgehead atoms. The summed E-state index contributed by atoms with van der Waals surface area (Å²) in [6.07, 6.45) is 6.69. The zero-order valence-corrected chi connectivity index (χ0v) is 9.11. The molecule has 84 valence electrons. The minimum Gasteiger partial charge on any atom is -0.368 e. The summed E-state index contributed by atoms with van der Waals surface area (Å²) in [5.74, 6) is 0.586. The molecule has 1 aliphatic rings. The molecule has 0 saturated carbocycles. The summed E-state index contributed by atoms with van der Waals surface area (Å²) < 4.78 is 0. The van der Waals surface area contributed by atoms with Gasteiger partial charge in [0.1, 0.15) is 6.07 Å². The molecule has 0 amide bonds. The molecule has 2 rings (SSSR count). The van der Waals surface area contributed by atoms with Gasteiger partial charge >= 0.3 is 0 Å². The fourth-order valence-electron chi connectivity index (χ4n) is 1.92. The molecule has 1 atom stereocenters. The second-order valence-corrected chi connectivity index (χ2v) is 3.87. The summed E-state index contributed by atoms with van der Waals surface area (Å²) in [5.41, 5.74) is 0.363. The van der Waals surface area contributed by atoms with Gasteiger partial charge in [-0.3, -0.25) is 0 Å². The highest BCUT2D eigenvalue weighted by atomic mass is 15.0. The van der Waals surface area contributed by atoms with Crippen LogP contribution in [-0.2, 0) is 0 Å². The van der Waals surface area contributed by atoms with Gasteiger partial charge in [-0.05, 0) is 25.8 Å². The van der Waals surface area contributed by atoms with Gasteiger partial charge in [-0.1, -0.05) is 0 Å². The molecule has 0 radical (unpaired) electrons. The molecule has 5 heteroatoms. The Morgan fingerprint density at radius 3 is 3.12 bits per heavy atom. The third kappa shape index (κ3) is 2.67. The maximum atomic E-state index is 8.82. The number of nitriles is 1. The van der Waals surface area contributed by atoms with Gasteiger partial charge in [-0.15, -0.1) is 0 Å². The Kier molecular flexibility index (Phi) is 3.67. The van der Waals surface area contributed by atoms with E-state index < -0.39 is 0 Å². The van der Waals surface area contributed by atoms with Crippen molar-refractivity contribution in [3.63, 3.8) is 0 Å². The molecular formula is C11H15N5. The lowest BCUT2D eigenvalue weighted by atomic mass is 10.1. The van der Waals surface area contributed by atoms with Crippen molar-refractivity contribution in [2.75, 3.05) is 18.4 Å². The minimum atomic E-state index is 0.363. The van der Waals surface area contributed by atoms with Gasteiger partial charge in [0, 0.05) is 25.0 Å². The van der Waals surface area contributed by atoms with E-state index in [1.165, 1.54) is 19.0 Å². The van der Waals surface area contributed by atoms with Crippen molar-refractivity contribution >= 4 is 5.82 Å². The van der Waals surface area contributed by atoms with Crippen LogP contribution in [0, 0.1) is 11.3 Å². The minimum absolute atomic E-state index is 0.363. The van der Waals surface area contributed by atoms with Gasteiger partial charge in [0.05, 0.1) is 0 Å². The molecule has 5 nitrogen and oxygen atoms in total. The summed E-state index contributed by atoms with van der Waals surface area (Å²) in [6, 6.07) is 2.63. The van der Waals surface area contributed by atoms with Crippen molar-refractivity contribution < 1.29 is 0 Å². The lowest BCUT2D eigenvalue weighted by Crippen LogP contribution is -2.24. The number of nitrogens with zero attached hydrogens (tertiary/aromatic N) is 3. The van der Waals surface area contributed by atoms with Crippen molar-refractivity contribution in [3.8, 4) is 6.07 Å². The summed E-state index contributed by atoms with van der Waals surface area (Å²) in [7, 11) is 0. The van der Waals surface area contributed by atoms with E-state index in [0.29, 0.717) is 17.6 Å². The first-order chi connectivity index (χ1) is 7.90. The Labute approximate surface area is 94.9 Å². The summed E-state index contributed by atoms with van der Waals surface area (Å²) in [4.78, 5) is 8.04. The molecule has 1 unspecified atom stereocenters. The second kappa shape index (κ2) is 5.42. The first-order valence-electron chi connectivity index (χ1n) is 5.58. The SMILES string of the molecule is N#Cc1nccnc1NCCC1CCCN1. The van der Waals surface area contributed by atoms with Crippen molar-refractivity contribution in [2.45, 2.75) is 25.3 Å². The molecule has 16 heavy (non-hydrogen) atoms. The largest absolute Gasteiger partial charge is 0.368 e. The first kappa shape index (κ1) is 10.8. The Hall–Kier alpha value is -1.67. The zero-order chi connectivity index (χ0) is 11.2. The quantitative estimate of drug-likeness (QED) is 0.784.